The number of pyridine rings is 1. The van der Waals surface area contributed by atoms with E-state index in [2.05, 4.69) is 15.2 Å². The number of thiophene rings is 1. The summed E-state index contributed by atoms with van der Waals surface area (Å²) in [6, 6.07) is 11.1. The van der Waals surface area contributed by atoms with Gasteiger partial charge < -0.3 is 24.4 Å². The van der Waals surface area contributed by atoms with Crippen molar-refractivity contribution in [3.05, 3.63) is 53.7 Å². The van der Waals surface area contributed by atoms with Gasteiger partial charge in [-0.2, -0.15) is 0 Å². The fraction of sp³-hybridized carbons (Fsp3) is 0.273. The molecule has 1 aliphatic heterocycles. The lowest BCUT2D eigenvalue weighted by molar-refractivity contribution is 0.103. The summed E-state index contributed by atoms with van der Waals surface area (Å²) in [6.45, 7) is 2.94. The highest BCUT2D eigenvalue weighted by Crippen LogP contribution is 2.40. The van der Waals surface area contributed by atoms with Crippen LogP contribution in [0.2, 0.25) is 0 Å². The van der Waals surface area contributed by atoms with Gasteiger partial charge in [-0.05, 0) is 24.3 Å². The van der Waals surface area contributed by atoms with Crippen LogP contribution < -0.4 is 19.7 Å². The Bertz CT molecular complexity index is 1020. The first-order chi connectivity index (χ1) is 14.7. The van der Waals surface area contributed by atoms with Gasteiger partial charge in [0.1, 0.15) is 11.5 Å². The van der Waals surface area contributed by atoms with E-state index in [1.807, 2.05) is 24.4 Å². The highest BCUT2D eigenvalue weighted by atomic mass is 32.1. The molecule has 1 aliphatic rings. The summed E-state index contributed by atoms with van der Waals surface area (Å²) in [5, 5.41) is 4.01. The molecule has 0 saturated carbocycles. The molecule has 4 rings (SSSR count). The van der Waals surface area contributed by atoms with Crippen molar-refractivity contribution in [1.82, 2.24) is 4.98 Å². The van der Waals surface area contributed by atoms with Gasteiger partial charge in [0.05, 0.1) is 43.0 Å². The first-order valence-electron chi connectivity index (χ1n) is 9.60. The number of ether oxygens (including phenoxy) is 3. The Labute approximate surface area is 179 Å². The molecule has 3 heterocycles. The summed E-state index contributed by atoms with van der Waals surface area (Å²) in [4.78, 5) is 20.2. The topological polar surface area (TPSA) is 72.9 Å². The standard InChI is InChI=1S/C22H23N3O4S/c1-27-16-5-6-18(19(12-16)28-2)24-21(26)20-13-17(15-4-3-7-23-14-15)22(30-20)25-8-10-29-11-9-25/h3-7,12-14H,8-11H2,1-2H3,(H,24,26). The van der Waals surface area contributed by atoms with Crippen molar-refractivity contribution in [3.63, 3.8) is 0 Å². The maximum absolute atomic E-state index is 13.1. The van der Waals surface area contributed by atoms with E-state index in [0.717, 1.165) is 29.2 Å². The lowest BCUT2D eigenvalue weighted by Gasteiger charge is -2.28. The molecule has 1 amide bonds. The second kappa shape index (κ2) is 9.15. The summed E-state index contributed by atoms with van der Waals surface area (Å²) in [7, 11) is 3.15. The van der Waals surface area contributed by atoms with E-state index in [4.69, 9.17) is 14.2 Å². The molecule has 0 bridgehead atoms. The van der Waals surface area contributed by atoms with Crippen LogP contribution in [0.3, 0.4) is 0 Å². The zero-order valence-electron chi connectivity index (χ0n) is 16.9. The third kappa shape index (κ3) is 4.24. The van der Waals surface area contributed by atoms with Crippen molar-refractivity contribution < 1.29 is 19.0 Å². The number of hydrogen-bond donors (Lipinski definition) is 1. The minimum absolute atomic E-state index is 0.187. The molecular formula is C22H23N3O4S. The summed E-state index contributed by atoms with van der Waals surface area (Å²) in [5.74, 6) is 1.02. The Morgan fingerprint density at radius 3 is 2.70 bits per heavy atom. The molecule has 1 N–H and O–H groups in total. The van der Waals surface area contributed by atoms with Crippen LogP contribution in [0.5, 0.6) is 11.5 Å². The molecule has 7 nitrogen and oxygen atoms in total. The zero-order valence-corrected chi connectivity index (χ0v) is 17.7. The Morgan fingerprint density at radius 1 is 1.17 bits per heavy atom. The smallest absolute Gasteiger partial charge is 0.265 e. The van der Waals surface area contributed by atoms with E-state index in [1.165, 1.54) is 11.3 Å². The van der Waals surface area contributed by atoms with Crippen LogP contribution in [0, 0.1) is 0 Å². The molecule has 1 aromatic carbocycles. The number of benzene rings is 1. The normalized spacial score (nSPS) is 13.7. The maximum atomic E-state index is 13.1. The predicted molar refractivity (Wildman–Crippen MR) is 118 cm³/mol. The number of carbonyl (C=O) groups is 1. The molecule has 3 aromatic rings. The predicted octanol–water partition coefficient (Wildman–Crippen LogP) is 3.92. The van der Waals surface area contributed by atoms with Gasteiger partial charge in [-0.1, -0.05) is 6.07 Å². The molecule has 0 atom stereocenters. The molecule has 1 saturated heterocycles. The van der Waals surface area contributed by atoms with Gasteiger partial charge in [-0.15, -0.1) is 11.3 Å². The quantitative estimate of drug-likeness (QED) is 0.645. The number of methoxy groups -OCH3 is 2. The van der Waals surface area contributed by atoms with Crippen molar-refractivity contribution in [1.29, 1.82) is 0 Å². The Hall–Kier alpha value is -3.10. The van der Waals surface area contributed by atoms with Crippen LogP contribution >= 0.6 is 11.3 Å². The molecule has 30 heavy (non-hydrogen) atoms. The molecule has 0 radical (unpaired) electrons. The minimum Gasteiger partial charge on any atom is -0.497 e. The third-order valence-corrected chi connectivity index (χ3v) is 6.06. The number of nitrogens with zero attached hydrogens (tertiary/aromatic N) is 2. The number of nitrogens with one attached hydrogen (secondary N) is 1. The molecule has 0 spiro atoms. The molecule has 2 aromatic heterocycles. The number of amides is 1. The van der Waals surface area contributed by atoms with E-state index in [-0.39, 0.29) is 5.91 Å². The van der Waals surface area contributed by atoms with Gasteiger partial charge in [0, 0.05) is 42.7 Å². The molecule has 0 aliphatic carbocycles. The Balaban J connectivity index is 1.65. The Morgan fingerprint density at radius 2 is 2.00 bits per heavy atom. The summed E-state index contributed by atoms with van der Waals surface area (Å²) >= 11 is 1.47. The highest BCUT2D eigenvalue weighted by molar-refractivity contribution is 7.18. The molecule has 156 valence electrons. The lowest BCUT2D eigenvalue weighted by Crippen LogP contribution is -2.35. The summed E-state index contributed by atoms with van der Waals surface area (Å²) < 4.78 is 16.1. The van der Waals surface area contributed by atoms with Gasteiger partial charge in [0.2, 0.25) is 0 Å². The van der Waals surface area contributed by atoms with Crippen LogP contribution in [-0.2, 0) is 4.74 Å². The zero-order chi connectivity index (χ0) is 20.9. The SMILES string of the molecule is COc1ccc(NC(=O)c2cc(-c3cccnc3)c(N3CCOCC3)s2)c(OC)c1. The van der Waals surface area contributed by atoms with Crippen molar-refractivity contribution in [2.24, 2.45) is 0 Å². The van der Waals surface area contributed by atoms with Crippen LogP contribution in [0.1, 0.15) is 9.67 Å². The van der Waals surface area contributed by atoms with E-state index in [9.17, 15) is 4.79 Å². The highest BCUT2D eigenvalue weighted by Gasteiger charge is 2.22. The van der Waals surface area contributed by atoms with Crippen molar-refractivity contribution >= 4 is 27.9 Å². The second-order valence-corrected chi connectivity index (χ2v) is 7.72. The first kappa shape index (κ1) is 20.2. The number of rotatable bonds is 6. The van der Waals surface area contributed by atoms with Gasteiger partial charge >= 0.3 is 0 Å². The van der Waals surface area contributed by atoms with Crippen LogP contribution in [0.4, 0.5) is 10.7 Å². The van der Waals surface area contributed by atoms with E-state index >= 15 is 0 Å². The van der Waals surface area contributed by atoms with Crippen LogP contribution in [0.25, 0.3) is 11.1 Å². The van der Waals surface area contributed by atoms with Gasteiger partial charge in [-0.3, -0.25) is 9.78 Å². The van der Waals surface area contributed by atoms with E-state index < -0.39 is 0 Å². The lowest BCUT2D eigenvalue weighted by atomic mass is 10.1. The fourth-order valence-electron chi connectivity index (χ4n) is 3.31. The first-order valence-corrected chi connectivity index (χ1v) is 10.4. The number of aromatic nitrogens is 1. The third-order valence-electron chi connectivity index (χ3n) is 4.86. The number of anilines is 2. The molecule has 8 heteroatoms. The van der Waals surface area contributed by atoms with Crippen LogP contribution in [-0.4, -0.2) is 51.4 Å². The van der Waals surface area contributed by atoms with Crippen molar-refractivity contribution in [3.8, 4) is 22.6 Å². The van der Waals surface area contributed by atoms with Crippen molar-refractivity contribution in [2.45, 2.75) is 0 Å². The van der Waals surface area contributed by atoms with Gasteiger partial charge in [-0.25, -0.2) is 0 Å². The molecular weight excluding hydrogens is 402 g/mol. The van der Waals surface area contributed by atoms with Gasteiger partial charge in [0.15, 0.2) is 0 Å². The summed E-state index contributed by atoms with van der Waals surface area (Å²) in [5.41, 5.74) is 2.57. The largest absolute Gasteiger partial charge is 0.497 e. The average Bonchev–Trinajstić information content (AvgIpc) is 3.26. The minimum atomic E-state index is -0.187. The van der Waals surface area contributed by atoms with Crippen LogP contribution in [0.15, 0.2) is 48.8 Å². The van der Waals surface area contributed by atoms with E-state index in [1.54, 1.807) is 38.6 Å². The summed E-state index contributed by atoms with van der Waals surface area (Å²) in [6.07, 6.45) is 3.56. The molecule has 1 fully saturated rings. The monoisotopic (exact) mass is 425 g/mol. The molecule has 0 unspecified atom stereocenters. The van der Waals surface area contributed by atoms with E-state index in [0.29, 0.717) is 35.3 Å². The Kier molecular flexibility index (Phi) is 6.15. The van der Waals surface area contributed by atoms with Gasteiger partial charge in [0.25, 0.3) is 5.91 Å². The van der Waals surface area contributed by atoms with Crippen molar-refractivity contribution in [2.75, 3.05) is 50.7 Å². The second-order valence-electron chi connectivity index (χ2n) is 6.69. The fourth-order valence-corrected chi connectivity index (χ4v) is 4.44. The maximum Gasteiger partial charge on any atom is 0.265 e. The number of hydrogen-bond acceptors (Lipinski definition) is 7. The number of carbonyl (C=O) groups excluding carboxylic acids is 1. The number of morpholine rings is 1. The average molecular weight is 426 g/mol.